The highest BCUT2D eigenvalue weighted by atomic mass is 32.2. The van der Waals surface area contributed by atoms with Crippen LogP contribution in [0.2, 0.25) is 0 Å². The number of hydrogen-bond donors (Lipinski definition) is 2. The summed E-state index contributed by atoms with van der Waals surface area (Å²) >= 11 is 1.41. The zero-order valence-electron chi connectivity index (χ0n) is 10.3. The van der Waals surface area contributed by atoms with Crippen LogP contribution in [0.1, 0.15) is 5.56 Å². The number of aryl methyl sites for hydroxylation is 1. The van der Waals surface area contributed by atoms with Gasteiger partial charge in [-0.1, -0.05) is 29.5 Å². The summed E-state index contributed by atoms with van der Waals surface area (Å²) in [6, 6.07) is 12.3. The van der Waals surface area contributed by atoms with Crippen molar-refractivity contribution in [1.29, 1.82) is 0 Å². The van der Waals surface area contributed by atoms with Gasteiger partial charge in [0.2, 0.25) is 10.0 Å². The monoisotopic (exact) mass is 294 g/mol. The molecule has 0 aliphatic carbocycles. The molecule has 0 radical (unpaired) electrons. The fraction of sp³-hybridized carbons (Fsp3) is 0.0769. The fourth-order valence-corrected chi connectivity index (χ4v) is 3.22. The highest BCUT2D eigenvalue weighted by Gasteiger charge is 2.11. The van der Waals surface area contributed by atoms with Crippen molar-refractivity contribution >= 4 is 27.5 Å². The number of primary sulfonamides is 1. The van der Waals surface area contributed by atoms with Crippen LogP contribution >= 0.6 is 11.8 Å². The molecule has 0 bridgehead atoms. The quantitative estimate of drug-likeness (QED) is 0.851. The number of nitrogen functional groups attached to an aromatic ring is 1. The van der Waals surface area contributed by atoms with Crippen LogP contribution in [0.25, 0.3) is 0 Å². The smallest absolute Gasteiger partial charge is 0.238 e. The molecule has 0 heterocycles. The maximum Gasteiger partial charge on any atom is 0.238 e. The second-order valence-corrected chi connectivity index (χ2v) is 6.84. The van der Waals surface area contributed by atoms with Crippen molar-refractivity contribution in [2.24, 2.45) is 5.14 Å². The Morgan fingerprint density at radius 1 is 1.11 bits per heavy atom. The normalized spacial score (nSPS) is 11.5. The van der Waals surface area contributed by atoms with Gasteiger partial charge in [-0.05, 0) is 37.3 Å². The second-order valence-electron chi connectivity index (χ2n) is 4.16. The van der Waals surface area contributed by atoms with Crippen LogP contribution in [-0.2, 0) is 10.0 Å². The number of anilines is 1. The summed E-state index contributed by atoms with van der Waals surface area (Å²) < 4.78 is 22.7. The Morgan fingerprint density at radius 3 is 2.47 bits per heavy atom. The van der Waals surface area contributed by atoms with E-state index in [2.05, 4.69) is 0 Å². The molecule has 4 N–H and O–H groups in total. The average Bonchev–Trinajstić information content (AvgIpc) is 2.30. The summed E-state index contributed by atoms with van der Waals surface area (Å²) in [5.41, 5.74) is 7.52. The third-order valence-electron chi connectivity index (χ3n) is 2.53. The van der Waals surface area contributed by atoms with Gasteiger partial charge in [0.05, 0.1) is 4.90 Å². The van der Waals surface area contributed by atoms with E-state index in [4.69, 9.17) is 10.9 Å². The van der Waals surface area contributed by atoms with Crippen molar-refractivity contribution in [2.45, 2.75) is 21.6 Å². The summed E-state index contributed by atoms with van der Waals surface area (Å²) in [5, 5.41) is 5.12. The molecule has 19 heavy (non-hydrogen) atoms. The van der Waals surface area contributed by atoms with E-state index in [1.54, 1.807) is 6.07 Å². The highest BCUT2D eigenvalue weighted by Crippen LogP contribution is 2.33. The molecule has 0 aliphatic rings. The SMILES string of the molecule is Cc1cccc(Sc2cc(S(N)(=O)=O)ccc2N)c1. The number of hydrogen-bond acceptors (Lipinski definition) is 4. The van der Waals surface area contributed by atoms with E-state index in [1.165, 1.54) is 23.9 Å². The van der Waals surface area contributed by atoms with Gasteiger partial charge in [0.1, 0.15) is 0 Å². The van der Waals surface area contributed by atoms with Crippen LogP contribution in [0.15, 0.2) is 57.2 Å². The summed E-state index contributed by atoms with van der Waals surface area (Å²) in [4.78, 5) is 1.74. The molecule has 6 heteroatoms. The lowest BCUT2D eigenvalue weighted by molar-refractivity contribution is 0.597. The molecule has 2 rings (SSSR count). The molecule has 0 unspecified atom stereocenters. The first-order valence-electron chi connectivity index (χ1n) is 5.53. The van der Waals surface area contributed by atoms with Crippen LogP contribution in [-0.4, -0.2) is 8.42 Å². The summed E-state index contributed by atoms with van der Waals surface area (Å²) in [6.07, 6.45) is 0. The van der Waals surface area contributed by atoms with Crippen LogP contribution in [0.4, 0.5) is 5.69 Å². The molecule has 0 aromatic heterocycles. The van der Waals surface area contributed by atoms with Gasteiger partial charge in [-0.3, -0.25) is 0 Å². The first-order chi connectivity index (χ1) is 8.86. The zero-order valence-corrected chi connectivity index (χ0v) is 12.0. The highest BCUT2D eigenvalue weighted by molar-refractivity contribution is 7.99. The van der Waals surface area contributed by atoms with Crippen molar-refractivity contribution in [3.05, 3.63) is 48.0 Å². The van der Waals surface area contributed by atoms with Gasteiger partial charge in [0.25, 0.3) is 0 Å². The Hall–Kier alpha value is -1.50. The average molecular weight is 294 g/mol. The number of benzene rings is 2. The van der Waals surface area contributed by atoms with Crippen LogP contribution < -0.4 is 10.9 Å². The standard InChI is InChI=1S/C13H14N2O2S2/c1-9-3-2-4-10(7-9)18-13-8-11(19(15,16)17)5-6-12(13)14/h2-8H,14H2,1H3,(H2,15,16,17). The van der Waals surface area contributed by atoms with Gasteiger partial charge in [-0.25, -0.2) is 13.6 Å². The minimum absolute atomic E-state index is 0.0665. The topological polar surface area (TPSA) is 86.2 Å². The summed E-state index contributed by atoms with van der Waals surface area (Å²) in [7, 11) is -3.71. The third kappa shape index (κ3) is 3.50. The molecule has 4 nitrogen and oxygen atoms in total. The molecule has 0 amide bonds. The molecular formula is C13H14N2O2S2. The minimum atomic E-state index is -3.71. The lowest BCUT2D eigenvalue weighted by Gasteiger charge is -2.08. The van der Waals surface area contributed by atoms with Crippen molar-refractivity contribution in [3.8, 4) is 0 Å². The molecule has 100 valence electrons. The molecule has 0 aliphatic heterocycles. The summed E-state index contributed by atoms with van der Waals surface area (Å²) in [5.74, 6) is 0. The van der Waals surface area contributed by atoms with E-state index in [0.29, 0.717) is 10.6 Å². The van der Waals surface area contributed by atoms with Crippen molar-refractivity contribution < 1.29 is 8.42 Å². The van der Waals surface area contributed by atoms with Gasteiger partial charge in [0.15, 0.2) is 0 Å². The number of nitrogens with two attached hydrogens (primary N) is 2. The zero-order chi connectivity index (χ0) is 14.0. The Labute approximate surface area is 116 Å². The lowest BCUT2D eigenvalue weighted by Crippen LogP contribution is -2.12. The first kappa shape index (κ1) is 13.9. The van der Waals surface area contributed by atoms with E-state index >= 15 is 0 Å². The van der Waals surface area contributed by atoms with Crippen molar-refractivity contribution in [2.75, 3.05) is 5.73 Å². The summed E-state index contributed by atoms with van der Waals surface area (Å²) in [6.45, 7) is 1.99. The van der Waals surface area contributed by atoms with Crippen LogP contribution in [0.5, 0.6) is 0 Å². The molecular weight excluding hydrogens is 280 g/mol. The first-order valence-corrected chi connectivity index (χ1v) is 7.89. The molecule has 0 spiro atoms. The predicted molar refractivity (Wildman–Crippen MR) is 77.5 cm³/mol. The van der Waals surface area contributed by atoms with Gasteiger partial charge in [-0.15, -0.1) is 0 Å². The number of rotatable bonds is 3. The Kier molecular flexibility index (Phi) is 3.84. The van der Waals surface area contributed by atoms with Crippen LogP contribution in [0.3, 0.4) is 0 Å². The Bertz CT molecular complexity index is 712. The number of sulfonamides is 1. The van der Waals surface area contributed by atoms with E-state index in [0.717, 1.165) is 10.5 Å². The Balaban J connectivity index is 2.40. The lowest BCUT2D eigenvalue weighted by atomic mass is 10.2. The van der Waals surface area contributed by atoms with Crippen molar-refractivity contribution in [1.82, 2.24) is 0 Å². The van der Waals surface area contributed by atoms with E-state index in [-0.39, 0.29) is 4.90 Å². The maximum absolute atomic E-state index is 11.3. The predicted octanol–water partition coefficient (Wildman–Crippen LogP) is 2.38. The molecule has 2 aromatic rings. The van der Waals surface area contributed by atoms with Crippen LogP contribution in [0, 0.1) is 6.92 Å². The fourth-order valence-electron chi connectivity index (χ4n) is 1.59. The molecule has 0 fully saturated rings. The van der Waals surface area contributed by atoms with Crippen molar-refractivity contribution in [3.63, 3.8) is 0 Å². The molecule has 0 atom stereocenters. The van der Waals surface area contributed by atoms with Gasteiger partial charge in [0, 0.05) is 15.5 Å². The van der Waals surface area contributed by atoms with Gasteiger partial charge in [-0.2, -0.15) is 0 Å². The third-order valence-corrected chi connectivity index (χ3v) is 4.51. The van der Waals surface area contributed by atoms with E-state index < -0.39 is 10.0 Å². The molecule has 0 saturated carbocycles. The van der Waals surface area contributed by atoms with Gasteiger partial charge >= 0.3 is 0 Å². The molecule has 2 aromatic carbocycles. The van der Waals surface area contributed by atoms with Gasteiger partial charge < -0.3 is 5.73 Å². The largest absolute Gasteiger partial charge is 0.398 e. The van der Waals surface area contributed by atoms with E-state index in [1.807, 2.05) is 31.2 Å². The Morgan fingerprint density at radius 2 is 1.84 bits per heavy atom. The maximum atomic E-state index is 11.3. The minimum Gasteiger partial charge on any atom is -0.398 e. The molecule has 0 saturated heterocycles. The van der Waals surface area contributed by atoms with E-state index in [9.17, 15) is 8.42 Å². The second kappa shape index (κ2) is 5.24.